The zero-order valence-electron chi connectivity index (χ0n) is 11.1. The molecule has 17 heavy (non-hydrogen) atoms. The minimum absolute atomic E-state index is 0.718. The van der Waals surface area contributed by atoms with Gasteiger partial charge in [-0.25, -0.2) is 4.68 Å². The Morgan fingerprint density at radius 2 is 2.18 bits per heavy atom. The predicted octanol–water partition coefficient (Wildman–Crippen LogP) is 2.46. The van der Waals surface area contributed by atoms with Crippen molar-refractivity contribution in [2.75, 3.05) is 7.05 Å². The number of nitrogens with zero attached hydrogens (tertiary/aromatic N) is 3. The van der Waals surface area contributed by atoms with Gasteiger partial charge in [-0.05, 0) is 26.3 Å². The highest BCUT2D eigenvalue weighted by atomic mass is 15.4. The minimum atomic E-state index is 0.718. The maximum Gasteiger partial charge on any atom is 0.0999 e. The number of aromatic nitrogens is 3. The molecule has 0 saturated heterocycles. The molecular weight excluding hydrogens is 212 g/mol. The molecule has 0 radical (unpaired) electrons. The van der Waals surface area contributed by atoms with Crippen LogP contribution < -0.4 is 5.32 Å². The smallest absolute Gasteiger partial charge is 0.0999 e. The molecule has 1 N–H and O–H groups in total. The number of rotatable bonds is 7. The van der Waals surface area contributed by atoms with Gasteiger partial charge in [0.1, 0.15) is 0 Å². The molecule has 0 unspecified atom stereocenters. The maximum atomic E-state index is 4.34. The highest BCUT2D eigenvalue weighted by Crippen LogP contribution is 2.37. The number of unbranched alkanes of at least 4 members (excludes halogenated alkanes) is 2. The van der Waals surface area contributed by atoms with Crippen molar-refractivity contribution in [1.29, 1.82) is 0 Å². The molecule has 1 aromatic heterocycles. The first-order valence-corrected chi connectivity index (χ1v) is 6.93. The summed E-state index contributed by atoms with van der Waals surface area (Å²) in [6, 6.07) is 0. The van der Waals surface area contributed by atoms with Gasteiger partial charge in [-0.1, -0.05) is 31.4 Å². The largest absolute Gasteiger partial charge is 0.314 e. The topological polar surface area (TPSA) is 42.7 Å². The predicted molar refractivity (Wildman–Crippen MR) is 68.9 cm³/mol. The first-order chi connectivity index (χ1) is 8.36. The third-order valence-corrected chi connectivity index (χ3v) is 3.66. The van der Waals surface area contributed by atoms with E-state index in [-0.39, 0.29) is 0 Å². The molecule has 0 aliphatic heterocycles. The Labute approximate surface area is 104 Å². The van der Waals surface area contributed by atoms with Gasteiger partial charge in [-0.3, -0.25) is 0 Å². The van der Waals surface area contributed by atoms with Crippen LogP contribution in [0.15, 0.2) is 0 Å². The molecule has 96 valence electrons. The van der Waals surface area contributed by atoms with Crippen LogP contribution in [0.3, 0.4) is 0 Å². The zero-order valence-corrected chi connectivity index (χ0v) is 11.1. The number of nitrogens with one attached hydrogen (secondary N) is 1. The molecule has 4 nitrogen and oxygen atoms in total. The fourth-order valence-electron chi connectivity index (χ4n) is 2.45. The fraction of sp³-hybridized carbons (Fsp3) is 0.846. The Morgan fingerprint density at radius 3 is 2.76 bits per heavy atom. The van der Waals surface area contributed by atoms with E-state index in [1.54, 1.807) is 0 Å². The lowest BCUT2D eigenvalue weighted by molar-refractivity contribution is 0.380. The van der Waals surface area contributed by atoms with Crippen LogP contribution in [0.2, 0.25) is 0 Å². The Kier molecular flexibility index (Phi) is 4.54. The van der Waals surface area contributed by atoms with Crippen molar-refractivity contribution in [3.8, 4) is 0 Å². The molecule has 0 atom stereocenters. The molecule has 2 rings (SSSR count). The number of hydrogen-bond donors (Lipinski definition) is 1. The summed E-state index contributed by atoms with van der Waals surface area (Å²) in [6.45, 7) is 4.12. The maximum absolute atomic E-state index is 4.34. The summed E-state index contributed by atoms with van der Waals surface area (Å²) in [5.74, 6) is 0.718. The van der Waals surface area contributed by atoms with Gasteiger partial charge >= 0.3 is 0 Å². The summed E-state index contributed by atoms with van der Waals surface area (Å²) in [5.41, 5.74) is 2.57. The van der Waals surface area contributed by atoms with Gasteiger partial charge in [-0.15, -0.1) is 5.10 Å². The van der Waals surface area contributed by atoms with Crippen molar-refractivity contribution in [3.05, 3.63) is 11.4 Å². The standard InChI is InChI=1S/C13H24N4/c1-3-4-5-9-17-13(11-7-6-8-11)12(10-14-2)15-16-17/h11,14H,3-10H2,1-2H3. The second-order valence-corrected chi connectivity index (χ2v) is 5.01. The van der Waals surface area contributed by atoms with Crippen LogP contribution in [0.1, 0.15) is 62.8 Å². The summed E-state index contributed by atoms with van der Waals surface area (Å²) < 4.78 is 2.16. The third-order valence-electron chi connectivity index (χ3n) is 3.66. The van der Waals surface area contributed by atoms with Crippen LogP contribution in [-0.4, -0.2) is 22.0 Å². The van der Waals surface area contributed by atoms with Gasteiger partial charge < -0.3 is 5.32 Å². The van der Waals surface area contributed by atoms with E-state index in [4.69, 9.17) is 0 Å². The Bertz CT molecular complexity index is 341. The average molecular weight is 236 g/mol. The molecule has 0 bridgehead atoms. The quantitative estimate of drug-likeness (QED) is 0.739. The summed E-state index contributed by atoms with van der Waals surface area (Å²) in [5, 5.41) is 11.9. The summed E-state index contributed by atoms with van der Waals surface area (Å²) in [4.78, 5) is 0. The molecular formula is C13H24N4. The van der Waals surface area contributed by atoms with Crippen molar-refractivity contribution in [2.24, 2.45) is 0 Å². The van der Waals surface area contributed by atoms with Gasteiger partial charge in [0, 0.05) is 19.0 Å². The third kappa shape index (κ3) is 2.86. The molecule has 1 saturated carbocycles. The normalized spacial score (nSPS) is 16.1. The Balaban J connectivity index is 2.07. The Morgan fingerprint density at radius 1 is 1.35 bits per heavy atom. The van der Waals surface area contributed by atoms with Crippen molar-refractivity contribution in [1.82, 2.24) is 20.3 Å². The fourth-order valence-corrected chi connectivity index (χ4v) is 2.45. The second-order valence-electron chi connectivity index (χ2n) is 5.01. The van der Waals surface area contributed by atoms with E-state index in [0.717, 1.165) is 24.7 Å². The first-order valence-electron chi connectivity index (χ1n) is 6.93. The van der Waals surface area contributed by atoms with Crippen molar-refractivity contribution >= 4 is 0 Å². The molecule has 1 aromatic rings. The van der Waals surface area contributed by atoms with Crippen LogP contribution in [0, 0.1) is 0 Å². The number of hydrogen-bond acceptors (Lipinski definition) is 3. The monoisotopic (exact) mass is 236 g/mol. The zero-order chi connectivity index (χ0) is 12.1. The van der Waals surface area contributed by atoms with E-state index in [2.05, 4.69) is 27.2 Å². The summed E-state index contributed by atoms with van der Waals surface area (Å²) in [7, 11) is 1.97. The lowest BCUT2D eigenvalue weighted by Gasteiger charge is -2.26. The van der Waals surface area contributed by atoms with E-state index in [1.165, 1.54) is 44.2 Å². The van der Waals surface area contributed by atoms with Gasteiger partial charge in [-0.2, -0.15) is 0 Å². The summed E-state index contributed by atoms with van der Waals surface area (Å²) >= 11 is 0. The highest BCUT2D eigenvalue weighted by Gasteiger charge is 2.27. The lowest BCUT2D eigenvalue weighted by Crippen LogP contribution is -2.18. The van der Waals surface area contributed by atoms with E-state index in [1.807, 2.05) is 7.05 Å². The number of aryl methyl sites for hydroxylation is 1. The first kappa shape index (κ1) is 12.6. The molecule has 1 heterocycles. The van der Waals surface area contributed by atoms with E-state index < -0.39 is 0 Å². The summed E-state index contributed by atoms with van der Waals surface area (Å²) in [6.07, 6.45) is 7.76. The van der Waals surface area contributed by atoms with Crippen LogP contribution in [0.4, 0.5) is 0 Å². The van der Waals surface area contributed by atoms with Crippen molar-refractivity contribution in [2.45, 2.75) is 64.5 Å². The van der Waals surface area contributed by atoms with Crippen LogP contribution in [-0.2, 0) is 13.1 Å². The van der Waals surface area contributed by atoms with Crippen molar-refractivity contribution in [3.63, 3.8) is 0 Å². The van der Waals surface area contributed by atoms with Gasteiger partial charge in [0.2, 0.25) is 0 Å². The van der Waals surface area contributed by atoms with Gasteiger partial charge in [0.15, 0.2) is 0 Å². The van der Waals surface area contributed by atoms with Crippen LogP contribution >= 0.6 is 0 Å². The SMILES string of the molecule is CCCCCn1nnc(CNC)c1C1CCC1. The van der Waals surface area contributed by atoms with Gasteiger partial charge in [0.25, 0.3) is 0 Å². The van der Waals surface area contributed by atoms with E-state index in [0.29, 0.717) is 0 Å². The molecule has 1 aliphatic carbocycles. The van der Waals surface area contributed by atoms with Crippen molar-refractivity contribution < 1.29 is 0 Å². The highest BCUT2D eigenvalue weighted by molar-refractivity contribution is 5.18. The minimum Gasteiger partial charge on any atom is -0.314 e. The van der Waals surface area contributed by atoms with Crippen LogP contribution in [0.25, 0.3) is 0 Å². The second kappa shape index (κ2) is 6.15. The Hall–Kier alpha value is -0.900. The molecule has 4 heteroatoms. The molecule has 0 spiro atoms. The molecule has 1 aliphatic rings. The molecule has 0 amide bonds. The van der Waals surface area contributed by atoms with E-state index in [9.17, 15) is 0 Å². The van der Waals surface area contributed by atoms with Crippen LogP contribution in [0.5, 0.6) is 0 Å². The van der Waals surface area contributed by atoms with Gasteiger partial charge in [0.05, 0.1) is 11.4 Å². The molecule has 0 aromatic carbocycles. The van der Waals surface area contributed by atoms with E-state index >= 15 is 0 Å². The average Bonchev–Trinajstić information content (AvgIpc) is 2.62. The molecule has 1 fully saturated rings. The lowest BCUT2D eigenvalue weighted by atomic mass is 9.82.